The van der Waals surface area contributed by atoms with Gasteiger partial charge in [-0.15, -0.1) is 11.8 Å². The third-order valence-electron chi connectivity index (χ3n) is 4.85. The molecule has 0 aromatic heterocycles. The number of carbonyl (C=O) groups excluding carboxylic acids is 2. The van der Waals surface area contributed by atoms with E-state index in [1.54, 1.807) is 19.1 Å². The minimum Gasteiger partial charge on any atom is -0.385 e. The summed E-state index contributed by atoms with van der Waals surface area (Å²) in [4.78, 5) is 30.0. The van der Waals surface area contributed by atoms with Crippen LogP contribution in [0, 0.1) is 0 Å². The molecule has 0 atom stereocenters. The van der Waals surface area contributed by atoms with Gasteiger partial charge in [-0.2, -0.15) is 0 Å². The lowest BCUT2D eigenvalue weighted by molar-refractivity contribution is -0.116. The summed E-state index contributed by atoms with van der Waals surface area (Å²) in [7, 11) is 3.45. The number of anilines is 1. The van der Waals surface area contributed by atoms with Gasteiger partial charge in [0.2, 0.25) is 5.91 Å². The third-order valence-corrected chi connectivity index (χ3v) is 5.90. The average molecular weight is 399 g/mol. The van der Waals surface area contributed by atoms with Gasteiger partial charge in [0.15, 0.2) is 0 Å². The van der Waals surface area contributed by atoms with E-state index in [2.05, 4.69) is 6.07 Å². The first kappa shape index (κ1) is 20.4. The molecule has 0 bridgehead atoms. The van der Waals surface area contributed by atoms with Crippen molar-refractivity contribution in [2.45, 2.75) is 17.7 Å². The van der Waals surface area contributed by atoms with Gasteiger partial charge in [-0.25, -0.2) is 0 Å². The second-order valence-electron chi connectivity index (χ2n) is 6.78. The highest BCUT2D eigenvalue weighted by molar-refractivity contribution is 8.00. The molecule has 0 fully saturated rings. The van der Waals surface area contributed by atoms with Gasteiger partial charge in [0.1, 0.15) is 0 Å². The number of thioether (sulfide) groups is 1. The predicted octanol–water partition coefficient (Wildman–Crippen LogP) is 3.48. The monoisotopic (exact) mass is 398 g/mol. The molecule has 1 heterocycles. The quantitative estimate of drug-likeness (QED) is 0.505. The number of benzene rings is 2. The van der Waals surface area contributed by atoms with Crippen LogP contribution < -0.4 is 4.90 Å². The molecule has 0 aliphatic carbocycles. The van der Waals surface area contributed by atoms with Crippen molar-refractivity contribution in [2.24, 2.45) is 0 Å². The topological polar surface area (TPSA) is 49.9 Å². The minimum absolute atomic E-state index is 0.0295. The lowest BCUT2D eigenvalue weighted by Gasteiger charge is -2.20. The maximum atomic E-state index is 12.8. The number of rotatable bonds is 8. The summed E-state index contributed by atoms with van der Waals surface area (Å²) < 4.78 is 5.06. The Morgan fingerprint density at radius 1 is 1.14 bits per heavy atom. The Hall–Kier alpha value is -2.31. The molecular weight excluding hydrogens is 372 g/mol. The lowest BCUT2D eigenvalue weighted by Crippen LogP contribution is -2.31. The highest BCUT2D eigenvalue weighted by Crippen LogP contribution is 2.30. The van der Waals surface area contributed by atoms with Crippen LogP contribution in [0.25, 0.3) is 0 Å². The van der Waals surface area contributed by atoms with E-state index in [9.17, 15) is 9.59 Å². The van der Waals surface area contributed by atoms with E-state index < -0.39 is 0 Å². The van der Waals surface area contributed by atoms with Crippen LogP contribution in [-0.2, 0) is 16.0 Å². The van der Waals surface area contributed by atoms with Gasteiger partial charge in [0.05, 0.1) is 11.3 Å². The van der Waals surface area contributed by atoms with Gasteiger partial charge in [-0.05, 0) is 36.6 Å². The van der Waals surface area contributed by atoms with Crippen molar-refractivity contribution in [2.75, 3.05) is 44.5 Å². The fraction of sp³-hybridized carbons (Fsp3) is 0.364. The second-order valence-corrected chi connectivity index (χ2v) is 7.80. The van der Waals surface area contributed by atoms with E-state index in [1.165, 1.54) is 17.3 Å². The molecule has 1 aliphatic rings. The first-order valence-electron chi connectivity index (χ1n) is 9.46. The molecule has 0 saturated carbocycles. The van der Waals surface area contributed by atoms with Crippen molar-refractivity contribution in [1.29, 1.82) is 0 Å². The summed E-state index contributed by atoms with van der Waals surface area (Å²) in [6.45, 7) is 1.98. The number of carbonyl (C=O) groups is 2. The molecule has 0 spiro atoms. The molecule has 2 aromatic rings. The molecule has 0 radical (unpaired) electrons. The molecule has 2 amide bonds. The van der Waals surface area contributed by atoms with Crippen molar-refractivity contribution in [1.82, 2.24) is 4.90 Å². The minimum atomic E-state index is -0.0295. The van der Waals surface area contributed by atoms with Gasteiger partial charge in [-0.3, -0.25) is 9.59 Å². The Kier molecular flexibility index (Phi) is 7.12. The number of nitrogens with zero attached hydrogens (tertiary/aromatic N) is 2. The highest BCUT2D eigenvalue weighted by Gasteiger charge is 2.24. The number of methoxy groups -OCH3 is 1. The van der Waals surface area contributed by atoms with E-state index in [-0.39, 0.29) is 11.8 Å². The summed E-state index contributed by atoms with van der Waals surface area (Å²) in [6, 6.07) is 15.5. The summed E-state index contributed by atoms with van der Waals surface area (Å²) in [6.07, 6.45) is 1.69. The van der Waals surface area contributed by atoms with Gasteiger partial charge in [0.25, 0.3) is 5.91 Å². The predicted molar refractivity (Wildman–Crippen MR) is 113 cm³/mol. The molecule has 1 aliphatic heterocycles. The van der Waals surface area contributed by atoms with E-state index in [1.807, 2.05) is 47.4 Å². The van der Waals surface area contributed by atoms with Crippen molar-refractivity contribution in [3.63, 3.8) is 0 Å². The van der Waals surface area contributed by atoms with Gasteiger partial charge >= 0.3 is 0 Å². The summed E-state index contributed by atoms with van der Waals surface area (Å²) in [5.41, 5.74) is 2.87. The Morgan fingerprint density at radius 2 is 1.89 bits per heavy atom. The number of hydrogen-bond donors (Lipinski definition) is 0. The Morgan fingerprint density at radius 3 is 2.71 bits per heavy atom. The Balaban J connectivity index is 1.64. The van der Waals surface area contributed by atoms with E-state index in [0.29, 0.717) is 24.5 Å². The zero-order chi connectivity index (χ0) is 19.9. The number of para-hydroxylation sites is 1. The number of ether oxygens (including phenoxy) is 1. The second kappa shape index (κ2) is 9.75. The number of fused-ring (bicyclic) bond motifs is 1. The zero-order valence-corrected chi connectivity index (χ0v) is 17.2. The molecule has 28 heavy (non-hydrogen) atoms. The van der Waals surface area contributed by atoms with Crippen LogP contribution >= 0.6 is 11.8 Å². The van der Waals surface area contributed by atoms with Crippen LogP contribution in [0.5, 0.6) is 0 Å². The van der Waals surface area contributed by atoms with Crippen LogP contribution in [0.1, 0.15) is 22.3 Å². The molecule has 0 saturated heterocycles. The molecule has 3 rings (SSSR count). The first-order valence-corrected chi connectivity index (χ1v) is 10.4. The van der Waals surface area contributed by atoms with Gasteiger partial charge in [0, 0.05) is 44.4 Å². The van der Waals surface area contributed by atoms with E-state index in [0.717, 1.165) is 30.0 Å². The fourth-order valence-electron chi connectivity index (χ4n) is 3.34. The molecule has 148 valence electrons. The molecular formula is C22H26N2O3S. The standard InChI is InChI=1S/C22H26N2O3S/c1-23(13-7-15-27-2)22(26)18-9-4-6-11-20(18)28-16-21(25)24-14-12-17-8-3-5-10-19(17)24/h3-6,8-11H,7,12-16H2,1-2H3. The van der Waals surface area contributed by atoms with Gasteiger partial charge in [-0.1, -0.05) is 30.3 Å². The van der Waals surface area contributed by atoms with Crippen LogP contribution in [0.4, 0.5) is 5.69 Å². The van der Waals surface area contributed by atoms with E-state index in [4.69, 9.17) is 4.74 Å². The van der Waals surface area contributed by atoms with Crippen LogP contribution in [0.15, 0.2) is 53.4 Å². The molecule has 0 unspecified atom stereocenters. The van der Waals surface area contributed by atoms with Gasteiger partial charge < -0.3 is 14.5 Å². The molecule has 5 nitrogen and oxygen atoms in total. The van der Waals surface area contributed by atoms with Crippen molar-refractivity contribution < 1.29 is 14.3 Å². The normalized spacial score (nSPS) is 12.7. The van der Waals surface area contributed by atoms with Crippen LogP contribution in [0.2, 0.25) is 0 Å². The maximum Gasteiger partial charge on any atom is 0.254 e. The van der Waals surface area contributed by atoms with Crippen molar-refractivity contribution in [3.8, 4) is 0 Å². The Labute approximate surface area is 170 Å². The fourth-order valence-corrected chi connectivity index (χ4v) is 4.26. The summed E-state index contributed by atoms with van der Waals surface area (Å²) in [5, 5.41) is 0. The van der Waals surface area contributed by atoms with Crippen LogP contribution in [0.3, 0.4) is 0 Å². The molecule has 6 heteroatoms. The lowest BCUT2D eigenvalue weighted by atomic mass is 10.2. The Bertz CT molecular complexity index is 840. The largest absolute Gasteiger partial charge is 0.385 e. The molecule has 0 N–H and O–H groups in total. The SMILES string of the molecule is COCCCN(C)C(=O)c1ccccc1SCC(=O)N1CCc2ccccc21. The number of hydrogen-bond acceptors (Lipinski definition) is 4. The maximum absolute atomic E-state index is 12.8. The molecule has 2 aromatic carbocycles. The summed E-state index contributed by atoms with van der Waals surface area (Å²) >= 11 is 1.43. The zero-order valence-electron chi connectivity index (χ0n) is 16.4. The van der Waals surface area contributed by atoms with Crippen LogP contribution in [-0.4, -0.2) is 56.3 Å². The smallest absolute Gasteiger partial charge is 0.254 e. The third kappa shape index (κ3) is 4.75. The summed E-state index contributed by atoms with van der Waals surface area (Å²) in [5.74, 6) is 0.357. The highest BCUT2D eigenvalue weighted by atomic mass is 32.2. The van der Waals surface area contributed by atoms with E-state index >= 15 is 0 Å². The van der Waals surface area contributed by atoms with Crippen molar-refractivity contribution in [3.05, 3.63) is 59.7 Å². The average Bonchev–Trinajstić information content (AvgIpc) is 3.16. The number of amides is 2. The van der Waals surface area contributed by atoms with Crippen molar-refractivity contribution >= 4 is 29.3 Å². The first-order chi connectivity index (χ1) is 13.6.